The lowest BCUT2D eigenvalue weighted by atomic mass is 10.5. The van der Waals surface area contributed by atoms with Crippen molar-refractivity contribution in [2.45, 2.75) is 13.0 Å². The second-order valence-corrected chi connectivity index (χ2v) is 2.18. The molecule has 0 saturated carbocycles. The van der Waals surface area contributed by atoms with Gasteiger partial charge in [-0.2, -0.15) is 0 Å². The van der Waals surface area contributed by atoms with Gasteiger partial charge in [0.15, 0.2) is 5.76 Å². The van der Waals surface area contributed by atoms with Gasteiger partial charge in [0.2, 0.25) is 0 Å². The summed E-state index contributed by atoms with van der Waals surface area (Å²) >= 11 is 0. The zero-order valence-electron chi connectivity index (χ0n) is 6.49. The van der Waals surface area contributed by atoms with E-state index in [4.69, 9.17) is 9.84 Å². The van der Waals surface area contributed by atoms with E-state index in [1.54, 1.807) is 0 Å². The first-order valence-electron chi connectivity index (χ1n) is 3.62. The van der Waals surface area contributed by atoms with E-state index in [2.05, 4.69) is 9.68 Å². The minimum absolute atomic E-state index is 0.209. The van der Waals surface area contributed by atoms with Crippen LogP contribution in [0.3, 0.4) is 0 Å². The van der Waals surface area contributed by atoms with Gasteiger partial charge in [0.05, 0.1) is 13.3 Å². The van der Waals surface area contributed by atoms with Gasteiger partial charge in [0.1, 0.15) is 6.61 Å². The molecule has 1 N–H and O–H groups in total. The van der Waals surface area contributed by atoms with Crippen molar-refractivity contribution in [3.63, 3.8) is 0 Å². The molecule has 0 aliphatic rings. The van der Waals surface area contributed by atoms with Crippen molar-refractivity contribution in [3.05, 3.63) is 11.8 Å². The second-order valence-electron chi connectivity index (χ2n) is 2.18. The van der Waals surface area contributed by atoms with Crippen LogP contribution in [0.25, 0.3) is 0 Å². The molecule has 0 unspecified atom stereocenters. The highest BCUT2D eigenvalue weighted by atomic mass is 19.1. The van der Waals surface area contributed by atoms with Gasteiger partial charge in [-0.05, 0) is 5.16 Å². The van der Waals surface area contributed by atoms with E-state index in [9.17, 15) is 4.39 Å². The highest BCUT2D eigenvalue weighted by molar-refractivity contribution is 5.09. The predicted octanol–water partition coefficient (Wildman–Crippen LogP) is 0.905. The van der Waals surface area contributed by atoms with E-state index in [-0.39, 0.29) is 19.1 Å². The maximum absolute atomic E-state index is 11.6. The molecule has 5 heteroatoms. The predicted molar refractivity (Wildman–Crippen MR) is 38.5 cm³/mol. The minimum Gasteiger partial charge on any atom is -0.475 e. The third-order valence-electron chi connectivity index (χ3n) is 1.22. The monoisotopic (exact) mass is 175 g/mol. The number of aliphatic hydroxyl groups excluding tert-OH is 1. The van der Waals surface area contributed by atoms with Crippen LogP contribution in [0.5, 0.6) is 5.88 Å². The van der Waals surface area contributed by atoms with Gasteiger partial charge in [-0.3, -0.25) is 4.39 Å². The number of halogens is 1. The van der Waals surface area contributed by atoms with Gasteiger partial charge in [0.25, 0.3) is 5.88 Å². The standard InChI is InChI=1S/C7H10FNO3/c8-2-1-3-11-7-4-6(5-10)12-9-7/h4,10H,1-3,5H2. The number of alkyl halides is 1. The molecule has 0 radical (unpaired) electrons. The maximum atomic E-state index is 11.6. The van der Waals surface area contributed by atoms with Gasteiger partial charge in [-0.1, -0.05) is 0 Å². The van der Waals surface area contributed by atoms with Crippen LogP contribution in [-0.4, -0.2) is 23.5 Å². The molecule has 1 aromatic heterocycles. The molecule has 12 heavy (non-hydrogen) atoms. The zero-order valence-corrected chi connectivity index (χ0v) is 6.49. The summed E-state index contributed by atoms with van der Waals surface area (Å²) < 4.78 is 21.2. The number of nitrogens with zero attached hydrogens (tertiary/aromatic N) is 1. The van der Waals surface area contributed by atoms with Crippen LogP contribution < -0.4 is 4.74 Å². The van der Waals surface area contributed by atoms with Gasteiger partial charge in [0, 0.05) is 12.5 Å². The average Bonchev–Trinajstić information content (AvgIpc) is 2.53. The van der Waals surface area contributed by atoms with Crippen molar-refractivity contribution in [3.8, 4) is 5.88 Å². The number of aromatic nitrogens is 1. The fourth-order valence-electron chi connectivity index (χ4n) is 0.668. The Balaban J connectivity index is 2.31. The van der Waals surface area contributed by atoms with E-state index in [1.165, 1.54) is 6.07 Å². The largest absolute Gasteiger partial charge is 0.475 e. The Bertz CT molecular complexity index is 226. The maximum Gasteiger partial charge on any atom is 0.254 e. The van der Waals surface area contributed by atoms with Crippen LogP contribution in [0.2, 0.25) is 0 Å². The molecule has 1 aromatic rings. The fraction of sp³-hybridized carbons (Fsp3) is 0.571. The summed E-state index contributed by atoms with van der Waals surface area (Å²) in [5, 5.41) is 12.1. The highest BCUT2D eigenvalue weighted by Crippen LogP contribution is 2.10. The fourth-order valence-corrected chi connectivity index (χ4v) is 0.668. The third-order valence-corrected chi connectivity index (χ3v) is 1.22. The summed E-state index contributed by atoms with van der Waals surface area (Å²) in [6, 6.07) is 1.47. The minimum atomic E-state index is -0.412. The lowest BCUT2D eigenvalue weighted by Crippen LogP contribution is -1.97. The van der Waals surface area contributed by atoms with Crippen molar-refractivity contribution in [2.24, 2.45) is 0 Å². The van der Waals surface area contributed by atoms with Crippen LogP contribution in [0.15, 0.2) is 10.6 Å². The van der Waals surface area contributed by atoms with E-state index in [0.29, 0.717) is 12.2 Å². The molecule has 0 spiro atoms. The Morgan fingerprint density at radius 2 is 2.50 bits per heavy atom. The van der Waals surface area contributed by atoms with E-state index in [0.717, 1.165) is 0 Å². The van der Waals surface area contributed by atoms with E-state index in [1.807, 2.05) is 0 Å². The summed E-state index contributed by atoms with van der Waals surface area (Å²) in [5.41, 5.74) is 0. The SMILES string of the molecule is OCc1cc(OCCCF)no1. The molecule has 68 valence electrons. The zero-order chi connectivity index (χ0) is 8.81. The number of rotatable bonds is 5. The van der Waals surface area contributed by atoms with Crippen molar-refractivity contribution < 1.29 is 18.8 Å². The first kappa shape index (κ1) is 8.99. The van der Waals surface area contributed by atoms with E-state index < -0.39 is 6.67 Å². The summed E-state index contributed by atoms with van der Waals surface area (Å²) in [7, 11) is 0. The van der Waals surface area contributed by atoms with Gasteiger partial charge < -0.3 is 14.4 Å². The van der Waals surface area contributed by atoms with Crippen molar-refractivity contribution in [1.29, 1.82) is 0 Å². The number of aliphatic hydroxyl groups is 1. The smallest absolute Gasteiger partial charge is 0.254 e. The summed E-state index contributed by atoms with van der Waals surface area (Å²) in [4.78, 5) is 0. The number of ether oxygens (including phenoxy) is 1. The lowest BCUT2D eigenvalue weighted by molar-refractivity contribution is 0.220. The molecular formula is C7H10FNO3. The molecule has 1 heterocycles. The quantitative estimate of drug-likeness (QED) is 0.675. The van der Waals surface area contributed by atoms with Crippen LogP contribution >= 0.6 is 0 Å². The Morgan fingerprint density at radius 3 is 3.08 bits per heavy atom. The van der Waals surface area contributed by atoms with Crippen LogP contribution in [0, 0.1) is 0 Å². The molecule has 0 aliphatic carbocycles. The Labute approximate surface area is 68.9 Å². The van der Waals surface area contributed by atoms with Gasteiger partial charge in [-0.15, -0.1) is 0 Å². The van der Waals surface area contributed by atoms with Gasteiger partial charge in [-0.25, -0.2) is 0 Å². The summed E-state index contributed by atoms with van der Waals surface area (Å²) in [6.07, 6.45) is 0.335. The first-order chi connectivity index (χ1) is 5.86. The molecule has 1 rings (SSSR count). The lowest BCUT2D eigenvalue weighted by Gasteiger charge is -1.96. The van der Waals surface area contributed by atoms with Crippen molar-refractivity contribution in [2.75, 3.05) is 13.3 Å². The summed E-state index contributed by atoms with van der Waals surface area (Å²) in [6.45, 7) is -0.349. The van der Waals surface area contributed by atoms with Crippen molar-refractivity contribution >= 4 is 0 Å². The van der Waals surface area contributed by atoms with Crippen molar-refractivity contribution in [1.82, 2.24) is 5.16 Å². The number of hydrogen-bond donors (Lipinski definition) is 1. The summed E-state index contributed by atoms with van der Waals surface area (Å²) in [5.74, 6) is 0.623. The molecule has 0 amide bonds. The Morgan fingerprint density at radius 1 is 1.67 bits per heavy atom. The molecule has 0 aliphatic heterocycles. The molecule has 0 aromatic carbocycles. The topological polar surface area (TPSA) is 55.5 Å². The van der Waals surface area contributed by atoms with Crippen LogP contribution in [-0.2, 0) is 6.61 Å². The average molecular weight is 175 g/mol. The second kappa shape index (κ2) is 4.71. The first-order valence-corrected chi connectivity index (χ1v) is 3.62. The highest BCUT2D eigenvalue weighted by Gasteiger charge is 2.02. The molecule has 0 fully saturated rings. The normalized spacial score (nSPS) is 10.2. The molecule has 0 saturated heterocycles. The molecule has 0 bridgehead atoms. The Hall–Kier alpha value is -1.10. The Kier molecular flexibility index (Phi) is 3.53. The van der Waals surface area contributed by atoms with Gasteiger partial charge >= 0.3 is 0 Å². The number of hydrogen-bond acceptors (Lipinski definition) is 4. The third kappa shape index (κ3) is 2.50. The molecule has 4 nitrogen and oxygen atoms in total. The van der Waals surface area contributed by atoms with Crippen LogP contribution in [0.1, 0.15) is 12.2 Å². The molecule has 0 atom stereocenters. The van der Waals surface area contributed by atoms with Crippen LogP contribution in [0.4, 0.5) is 4.39 Å². The van der Waals surface area contributed by atoms with E-state index >= 15 is 0 Å². The molecular weight excluding hydrogens is 165 g/mol.